The first kappa shape index (κ1) is 13.2. The Morgan fingerprint density at radius 1 is 1.61 bits per heavy atom. The number of hydrogen-bond acceptors (Lipinski definition) is 2. The highest BCUT2D eigenvalue weighted by Gasteiger charge is 2.40. The molecule has 1 aliphatic rings. The fourth-order valence-electron chi connectivity index (χ4n) is 2.54. The van der Waals surface area contributed by atoms with Crippen LogP contribution in [0.5, 0.6) is 0 Å². The number of alkyl halides is 2. The molecule has 0 radical (unpaired) electrons. The number of nitrogens with zero attached hydrogens (tertiary/aromatic N) is 2. The quantitative estimate of drug-likeness (QED) is 0.776. The van der Waals surface area contributed by atoms with Crippen molar-refractivity contribution >= 4 is 5.78 Å². The number of Topliss-reactive ketones (excluding diaryl/α,β-unsaturated/α-hetero) is 1. The Kier molecular flexibility index (Phi) is 3.50. The van der Waals surface area contributed by atoms with Gasteiger partial charge in [0.05, 0.1) is 5.69 Å². The van der Waals surface area contributed by atoms with Gasteiger partial charge in [0.1, 0.15) is 5.69 Å². The standard InChI is InChI=1S/C13H18F2N2O/c1-3-10-7-11(17(2)16-10)12(18)6-9-4-5-13(14,15)8-9/h7,9H,3-6,8H2,1-2H3. The summed E-state index contributed by atoms with van der Waals surface area (Å²) in [5.74, 6) is -2.84. The van der Waals surface area contributed by atoms with Gasteiger partial charge >= 0.3 is 0 Å². The molecule has 1 saturated carbocycles. The Morgan fingerprint density at radius 3 is 2.83 bits per heavy atom. The lowest BCUT2D eigenvalue weighted by molar-refractivity contribution is 0.00496. The van der Waals surface area contributed by atoms with Crippen LogP contribution >= 0.6 is 0 Å². The molecule has 0 aromatic carbocycles. The van der Waals surface area contributed by atoms with E-state index in [1.54, 1.807) is 17.8 Å². The second kappa shape index (κ2) is 4.78. The lowest BCUT2D eigenvalue weighted by Crippen LogP contribution is -2.13. The summed E-state index contributed by atoms with van der Waals surface area (Å²) in [6.07, 6.45) is 1.17. The van der Waals surface area contributed by atoms with Crippen molar-refractivity contribution in [3.63, 3.8) is 0 Å². The van der Waals surface area contributed by atoms with Crippen LogP contribution in [0.15, 0.2) is 6.07 Å². The van der Waals surface area contributed by atoms with Crippen LogP contribution in [-0.2, 0) is 13.5 Å². The minimum atomic E-state index is -2.58. The van der Waals surface area contributed by atoms with Crippen molar-refractivity contribution in [2.45, 2.75) is 45.0 Å². The molecule has 100 valence electrons. The van der Waals surface area contributed by atoms with Gasteiger partial charge in [0.25, 0.3) is 0 Å². The monoisotopic (exact) mass is 256 g/mol. The predicted octanol–water partition coefficient (Wildman–Crippen LogP) is 2.99. The predicted molar refractivity (Wildman–Crippen MR) is 63.8 cm³/mol. The minimum Gasteiger partial charge on any atom is -0.292 e. The van der Waals surface area contributed by atoms with E-state index in [1.165, 1.54) is 0 Å². The molecular weight excluding hydrogens is 238 g/mol. The van der Waals surface area contributed by atoms with Gasteiger partial charge in [-0.2, -0.15) is 5.10 Å². The maximum Gasteiger partial charge on any atom is 0.248 e. The van der Waals surface area contributed by atoms with Crippen LogP contribution in [0.4, 0.5) is 8.78 Å². The number of aromatic nitrogens is 2. The number of rotatable bonds is 4. The molecule has 0 spiro atoms. The zero-order chi connectivity index (χ0) is 13.3. The van der Waals surface area contributed by atoms with Crippen molar-refractivity contribution in [2.75, 3.05) is 0 Å². The molecule has 0 bridgehead atoms. The zero-order valence-corrected chi connectivity index (χ0v) is 10.7. The molecule has 1 fully saturated rings. The van der Waals surface area contributed by atoms with Crippen molar-refractivity contribution in [3.05, 3.63) is 17.5 Å². The van der Waals surface area contributed by atoms with Crippen molar-refractivity contribution in [1.29, 1.82) is 0 Å². The summed E-state index contributed by atoms with van der Waals surface area (Å²) in [5.41, 5.74) is 1.39. The highest BCUT2D eigenvalue weighted by atomic mass is 19.3. The van der Waals surface area contributed by atoms with Gasteiger partial charge < -0.3 is 0 Å². The normalized spacial score (nSPS) is 22.3. The number of halogens is 2. The topological polar surface area (TPSA) is 34.9 Å². The largest absolute Gasteiger partial charge is 0.292 e. The lowest BCUT2D eigenvalue weighted by atomic mass is 9.99. The third kappa shape index (κ3) is 2.76. The van der Waals surface area contributed by atoms with E-state index in [0.717, 1.165) is 12.1 Å². The maximum absolute atomic E-state index is 13.1. The summed E-state index contributed by atoms with van der Waals surface area (Å²) in [4.78, 5) is 12.1. The van der Waals surface area contributed by atoms with Gasteiger partial charge in [-0.05, 0) is 24.8 Å². The number of aryl methyl sites for hydroxylation is 2. The number of carbonyl (C=O) groups excluding carboxylic acids is 1. The molecule has 1 aliphatic carbocycles. The van der Waals surface area contributed by atoms with Crippen LogP contribution in [0, 0.1) is 5.92 Å². The fourth-order valence-corrected chi connectivity index (χ4v) is 2.54. The second-order valence-electron chi connectivity index (χ2n) is 5.09. The van der Waals surface area contributed by atoms with Crippen molar-refractivity contribution in [2.24, 2.45) is 13.0 Å². The maximum atomic E-state index is 13.1. The second-order valence-corrected chi connectivity index (χ2v) is 5.09. The first-order chi connectivity index (χ1) is 8.41. The average Bonchev–Trinajstić information content (AvgIpc) is 2.81. The Hall–Kier alpha value is -1.26. The number of ketones is 1. The van der Waals surface area contributed by atoms with Gasteiger partial charge in [-0.15, -0.1) is 0 Å². The molecule has 0 aliphatic heterocycles. The van der Waals surface area contributed by atoms with Gasteiger partial charge in [-0.1, -0.05) is 6.92 Å². The molecule has 0 saturated heterocycles. The van der Waals surface area contributed by atoms with Gasteiger partial charge in [-0.3, -0.25) is 9.48 Å². The highest BCUT2D eigenvalue weighted by Crippen LogP contribution is 2.40. The molecule has 18 heavy (non-hydrogen) atoms. The minimum absolute atomic E-state index is 0.0765. The molecular formula is C13H18F2N2O. The Labute approximate surface area is 105 Å². The van der Waals surface area contributed by atoms with E-state index in [-0.39, 0.29) is 31.0 Å². The lowest BCUT2D eigenvalue weighted by Gasteiger charge is -2.09. The molecule has 1 unspecified atom stereocenters. The van der Waals surface area contributed by atoms with Crippen LogP contribution in [0.2, 0.25) is 0 Å². The molecule has 0 N–H and O–H groups in total. The Bertz CT molecular complexity index is 454. The van der Waals surface area contributed by atoms with E-state index in [9.17, 15) is 13.6 Å². The molecule has 5 heteroatoms. The van der Waals surface area contributed by atoms with Gasteiger partial charge in [0.2, 0.25) is 5.92 Å². The van der Waals surface area contributed by atoms with Gasteiger partial charge in [0, 0.05) is 26.3 Å². The van der Waals surface area contributed by atoms with Crippen LogP contribution in [0.25, 0.3) is 0 Å². The van der Waals surface area contributed by atoms with Gasteiger partial charge in [0.15, 0.2) is 5.78 Å². The smallest absolute Gasteiger partial charge is 0.248 e. The summed E-state index contributed by atoms with van der Waals surface area (Å²) in [6.45, 7) is 1.97. The van der Waals surface area contributed by atoms with Gasteiger partial charge in [-0.25, -0.2) is 8.78 Å². The summed E-state index contributed by atoms with van der Waals surface area (Å²) in [7, 11) is 1.72. The van der Waals surface area contributed by atoms with Crippen LogP contribution in [-0.4, -0.2) is 21.5 Å². The SMILES string of the molecule is CCc1cc(C(=O)CC2CCC(F)(F)C2)n(C)n1. The number of carbonyl (C=O) groups is 1. The molecule has 0 amide bonds. The van der Waals surface area contributed by atoms with E-state index in [2.05, 4.69) is 5.10 Å². The Balaban J connectivity index is 2.02. The van der Waals surface area contributed by atoms with E-state index in [4.69, 9.17) is 0 Å². The summed E-state index contributed by atoms with van der Waals surface area (Å²) in [5, 5.41) is 4.20. The van der Waals surface area contributed by atoms with Crippen LogP contribution in [0.3, 0.4) is 0 Å². The zero-order valence-electron chi connectivity index (χ0n) is 10.7. The molecule has 1 atom stereocenters. The molecule has 1 aromatic heterocycles. The number of hydrogen-bond donors (Lipinski definition) is 0. The van der Waals surface area contributed by atoms with Crippen LogP contribution < -0.4 is 0 Å². The van der Waals surface area contributed by atoms with Crippen molar-refractivity contribution in [1.82, 2.24) is 9.78 Å². The third-order valence-corrected chi connectivity index (χ3v) is 3.56. The first-order valence-electron chi connectivity index (χ1n) is 6.35. The summed E-state index contributed by atoms with van der Waals surface area (Å²) >= 11 is 0. The molecule has 2 rings (SSSR count). The summed E-state index contributed by atoms with van der Waals surface area (Å²) in [6, 6.07) is 1.76. The molecule has 1 aromatic rings. The highest BCUT2D eigenvalue weighted by molar-refractivity contribution is 5.94. The molecule has 3 nitrogen and oxygen atoms in total. The Morgan fingerprint density at radius 2 is 2.33 bits per heavy atom. The van der Waals surface area contributed by atoms with Crippen LogP contribution in [0.1, 0.15) is 48.8 Å². The van der Waals surface area contributed by atoms with E-state index < -0.39 is 5.92 Å². The first-order valence-corrected chi connectivity index (χ1v) is 6.35. The summed E-state index contributed by atoms with van der Waals surface area (Å²) < 4.78 is 27.7. The molecule has 1 heterocycles. The van der Waals surface area contributed by atoms with E-state index in [1.807, 2.05) is 6.92 Å². The average molecular weight is 256 g/mol. The van der Waals surface area contributed by atoms with E-state index >= 15 is 0 Å². The van der Waals surface area contributed by atoms with Crippen molar-refractivity contribution < 1.29 is 13.6 Å². The van der Waals surface area contributed by atoms with E-state index in [0.29, 0.717) is 12.1 Å². The fraction of sp³-hybridized carbons (Fsp3) is 0.692. The van der Waals surface area contributed by atoms with Crippen molar-refractivity contribution in [3.8, 4) is 0 Å². The third-order valence-electron chi connectivity index (χ3n) is 3.56.